The van der Waals surface area contributed by atoms with Crippen molar-refractivity contribution in [1.82, 2.24) is 11.6 Å². The van der Waals surface area contributed by atoms with Gasteiger partial charge in [-0.1, -0.05) is 41.5 Å². The fourth-order valence-corrected chi connectivity index (χ4v) is 1.27. The first-order chi connectivity index (χ1) is 8.84. The van der Waals surface area contributed by atoms with E-state index in [0.717, 1.165) is 5.69 Å². The van der Waals surface area contributed by atoms with Crippen LogP contribution in [0, 0.1) is 0 Å². The number of urea groups is 1. The molecule has 0 unspecified atom stereocenters. The Balaban J connectivity index is 0.00000180. The average molecular weight is 257 g/mol. The highest BCUT2D eigenvalue weighted by molar-refractivity contribution is 5.76. The number of anilines is 1. The van der Waals surface area contributed by atoms with Gasteiger partial charge in [-0.05, 0) is 24.3 Å². The van der Waals surface area contributed by atoms with Crippen molar-refractivity contribution in [1.29, 1.82) is 0 Å². The van der Waals surface area contributed by atoms with Gasteiger partial charge in [0.25, 0.3) is 0 Å². The number of azo groups is 1. The van der Waals surface area contributed by atoms with Crippen molar-refractivity contribution in [2.45, 2.75) is 0 Å². The Labute approximate surface area is 111 Å². The molecule has 19 heavy (non-hydrogen) atoms. The van der Waals surface area contributed by atoms with Gasteiger partial charge in [-0.25, -0.2) is 10.2 Å². The molecule has 6 nitrogen and oxygen atoms in total. The molecule has 0 aliphatic carbocycles. The van der Waals surface area contributed by atoms with E-state index in [0.29, 0.717) is 5.69 Å². The summed E-state index contributed by atoms with van der Waals surface area (Å²) in [6.45, 7) is 0. The van der Waals surface area contributed by atoms with Crippen molar-refractivity contribution in [2.24, 2.45) is 10.2 Å². The largest absolute Gasteiger partial charge is 0.378 e. The predicted molar refractivity (Wildman–Crippen MR) is 74.6 cm³/mol. The molecular formula is C13H15N5O. The summed E-state index contributed by atoms with van der Waals surface area (Å²) in [4.78, 5) is 11.4. The van der Waals surface area contributed by atoms with Crippen LogP contribution in [0.5, 0.6) is 0 Å². The van der Waals surface area contributed by atoms with Crippen LogP contribution in [0.1, 0.15) is 0 Å². The molecule has 98 valence electrons. The summed E-state index contributed by atoms with van der Waals surface area (Å²) in [5.41, 5.74) is 6.56. The topological polar surface area (TPSA) is 101 Å². The molecule has 2 aromatic rings. The fourth-order valence-electron chi connectivity index (χ4n) is 1.27. The molecule has 0 aliphatic heterocycles. The summed E-state index contributed by atoms with van der Waals surface area (Å²) in [6, 6.07) is 17.8. The molecule has 0 aliphatic rings. The van der Waals surface area contributed by atoms with Crippen molar-refractivity contribution in [3.05, 3.63) is 60.7 Å². The number of rotatable bonds is 3. The predicted octanol–water partition coefficient (Wildman–Crippen LogP) is 3.67. The van der Waals surface area contributed by atoms with E-state index < -0.39 is 6.03 Å². The standard InChI is InChI=1S/C13H12N4O.H3N/c18-13(16-14-11-7-3-1-4-8-11)17-15-12-9-5-2-6-10-12;/h1-10,14H,(H,16,18);1H3. The van der Waals surface area contributed by atoms with Gasteiger partial charge in [-0.15, -0.1) is 5.11 Å². The average Bonchev–Trinajstić information content (AvgIpc) is 2.45. The molecule has 6 heteroatoms. The molecule has 0 saturated heterocycles. The zero-order valence-electron chi connectivity index (χ0n) is 10.3. The first-order valence-electron chi connectivity index (χ1n) is 5.42. The quantitative estimate of drug-likeness (QED) is 0.577. The van der Waals surface area contributed by atoms with Gasteiger partial charge in [0.05, 0.1) is 11.4 Å². The van der Waals surface area contributed by atoms with E-state index in [1.807, 2.05) is 48.5 Å². The molecule has 0 spiro atoms. The van der Waals surface area contributed by atoms with E-state index in [4.69, 9.17) is 0 Å². The van der Waals surface area contributed by atoms with Gasteiger partial charge in [0.15, 0.2) is 0 Å². The molecule has 0 saturated carbocycles. The Kier molecular flexibility index (Phi) is 5.71. The van der Waals surface area contributed by atoms with Crippen LogP contribution in [0.15, 0.2) is 70.9 Å². The summed E-state index contributed by atoms with van der Waals surface area (Å²) in [5.74, 6) is 0. The smallest absolute Gasteiger partial charge is 0.344 e. The summed E-state index contributed by atoms with van der Waals surface area (Å²) in [5, 5.41) is 7.31. The number of nitrogens with one attached hydrogen (secondary N) is 2. The third kappa shape index (κ3) is 4.97. The number of carbonyl (C=O) groups excluding carboxylic acids is 1. The first-order valence-corrected chi connectivity index (χ1v) is 5.42. The molecule has 0 fully saturated rings. The Hall–Kier alpha value is -2.73. The zero-order valence-corrected chi connectivity index (χ0v) is 10.3. The Morgan fingerprint density at radius 1 is 0.895 bits per heavy atom. The maximum atomic E-state index is 11.4. The fraction of sp³-hybridized carbons (Fsp3) is 0. The van der Waals surface area contributed by atoms with E-state index in [1.165, 1.54) is 0 Å². The highest BCUT2D eigenvalue weighted by atomic mass is 16.2. The molecule has 0 atom stereocenters. The maximum Gasteiger partial charge on any atom is 0.378 e. The van der Waals surface area contributed by atoms with E-state index in [1.54, 1.807) is 12.1 Å². The summed E-state index contributed by atoms with van der Waals surface area (Å²) < 4.78 is 0. The lowest BCUT2D eigenvalue weighted by molar-refractivity contribution is 0.249. The third-order valence-electron chi connectivity index (χ3n) is 2.10. The number of hydrogen-bond donors (Lipinski definition) is 3. The summed E-state index contributed by atoms with van der Waals surface area (Å²) in [6.07, 6.45) is 0. The van der Waals surface area contributed by atoms with Crippen molar-refractivity contribution in [3.63, 3.8) is 0 Å². The van der Waals surface area contributed by atoms with Gasteiger partial charge in [0, 0.05) is 0 Å². The van der Waals surface area contributed by atoms with Crippen molar-refractivity contribution < 1.29 is 4.79 Å². The van der Waals surface area contributed by atoms with Gasteiger partial charge in [-0.2, -0.15) is 0 Å². The highest BCUT2D eigenvalue weighted by Gasteiger charge is 1.96. The third-order valence-corrected chi connectivity index (χ3v) is 2.10. The van der Waals surface area contributed by atoms with E-state index in [9.17, 15) is 4.79 Å². The van der Waals surface area contributed by atoms with Gasteiger partial charge < -0.3 is 6.15 Å². The molecule has 2 rings (SSSR count). The Bertz CT molecular complexity index is 527. The number of amides is 2. The van der Waals surface area contributed by atoms with Gasteiger partial charge in [0.1, 0.15) is 0 Å². The second kappa shape index (κ2) is 7.57. The number of para-hydroxylation sites is 1. The minimum atomic E-state index is -0.553. The highest BCUT2D eigenvalue weighted by Crippen LogP contribution is 2.09. The van der Waals surface area contributed by atoms with Gasteiger partial charge >= 0.3 is 6.03 Å². The Morgan fingerprint density at radius 3 is 2.11 bits per heavy atom. The molecule has 0 bridgehead atoms. The van der Waals surface area contributed by atoms with E-state index >= 15 is 0 Å². The number of nitrogens with zero attached hydrogens (tertiary/aromatic N) is 2. The van der Waals surface area contributed by atoms with Crippen LogP contribution in [0.3, 0.4) is 0 Å². The SMILES string of the molecule is N.O=C(N=Nc1ccccc1)NNc1ccccc1. The second-order valence-electron chi connectivity index (χ2n) is 3.46. The molecule has 5 N–H and O–H groups in total. The van der Waals surface area contributed by atoms with Crippen LogP contribution in [0.2, 0.25) is 0 Å². The summed E-state index contributed by atoms with van der Waals surface area (Å²) >= 11 is 0. The second-order valence-corrected chi connectivity index (χ2v) is 3.46. The van der Waals surface area contributed by atoms with Gasteiger partial charge in [-0.3, -0.25) is 5.43 Å². The zero-order chi connectivity index (χ0) is 12.6. The molecule has 2 amide bonds. The number of hydrazine groups is 1. The lowest BCUT2D eigenvalue weighted by atomic mass is 10.3. The van der Waals surface area contributed by atoms with E-state index in [-0.39, 0.29) is 6.15 Å². The van der Waals surface area contributed by atoms with E-state index in [2.05, 4.69) is 21.1 Å². The molecular weight excluding hydrogens is 242 g/mol. The first kappa shape index (κ1) is 14.3. The Morgan fingerprint density at radius 2 is 1.47 bits per heavy atom. The van der Waals surface area contributed by atoms with Crippen molar-refractivity contribution >= 4 is 17.4 Å². The van der Waals surface area contributed by atoms with Crippen LogP contribution >= 0.6 is 0 Å². The lowest BCUT2D eigenvalue weighted by Gasteiger charge is -2.04. The van der Waals surface area contributed by atoms with Crippen molar-refractivity contribution in [2.75, 3.05) is 5.43 Å². The molecule has 2 aromatic carbocycles. The van der Waals surface area contributed by atoms with Crippen LogP contribution in [-0.4, -0.2) is 6.03 Å². The minimum Gasteiger partial charge on any atom is -0.344 e. The molecule has 0 radical (unpaired) electrons. The molecule has 0 heterocycles. The van der Waals surface area contributed by atoms with Crippen molar-refractivity contribution in [3.8, 4) is 0 Å². The monoisotopic (exact) mass is 257 g/mol. The maximum absolute atomic E-state index is 11.4. The van der Waals surface area contributed by atoms with Crippen LogP contribution < -0.4 is 17.0 Å². The lowest BCUT2D eigenvalue weighted by Crippen LogP contribution is -2.25. The normalized spacial score (nSPS) is 9.68. The van der Waals surface area contributed by atoms with Crippen LogP contribution in [-0.2, 0) is 0 Å². The number of hydrogen-bond acceptors (Lipinski definition) is 4. The molecule has 0 aromatic heterocycles. The number of benzene rings is 2. The van der Waals surface area contributed by atoms with Crippen LogP contribution in [0.4, 0.5) is 16.2 Å². The summed E-state index contributed by atoms with van der Waals surface area (Å²) in [7, 11) is 0. The minimum absolute atomic E-state index is 0. The number of carbonyl (C=O) groups is 1. The van der Waals surface area contributed by atoms with Gasteiger partial charge in [0.2, 0.25) is 0 Å². The van der Waals surface area contributed by atoms with Crippen LogP contribution in [0.25, 0.3) is 0 Å².